The van der Waals surface area contributed by atoms with Gasteiger partial charge >= 0.3 is 0 Å². The molecule has 2 heteroatoms. The van der Waals surface area contributed by atoms with Gasteiger partial charge in [0.05, 0.1) is 16.7 Å². The number of anilines is 3. The van der Waals surface area contributed by atoms with Crippen molar-refractivity contribution < 1.29 is 0 Å². The summed E-state index contributed by atoms with van der Waals surface area (Å²) in [4.78, 5) is 2.42. The van der Waals surface area contributed by atoms with E-state index in [1.54, 1.807) is 0 Å². The zero-order valence-electron chi connectivity index (χ0n) is 26.4. The first kappa shape index (κ1) is 27.9. The molecule has 2 nitrogen and oxygen atoms in total. The second-order valence-electron chi connectivity index (χ2n) is 12.2. The zero-order valence-corrected chi connectivity index (χ0v) is 26.4. The number of fused-ring (bicyclic) bond motifs is 4. The van der Waals surface area contributed by atoms with E-state index < -0.39 is 0 Å². The van der Waals surface area contributed by atoms with Crippen molar-refractivity contribution in [3.63, 3.8) is 0 Å². The number of para-hydroxylation sites is 3. The molecule has 8 aromatic carbocycles. The Morgan fingerprint density at radius 1 is 0.375 bits per heavy atom. The molecule has 0 N–H and O–H groups in total. The fourth-order valence-corrected chi connectivity index (χ4v) is 7.27. The summed E-state index contributed by atoms with van der Waals surface area (Å²) >= 11 is 0. The second-order valence-corrected chi connectivity index (χ2v) is 12.2. The van der Waals surface area contributed by atoms with Crippen LogP contribution < -0.4 is 4.90 Å². The summed E-state index contributed by atoms with van der Waals surface area (Å²) in [5, 5.41) is 4.93. The van der Waals surface area contributed by atoms with E-state index in [0.29, 0.717) is 0 Å². The van der Waals surface area contributed by atoms with Crippen LogP contribution in [0.15, 0.2) is 194 Å². The Hall–Kier alpha value is -6.38. The van der Waals surface area contributed by atoms with E-state index in [-0.39, 0.29) is 0 Å². The normalized spacial score (nSPS) is 11.3. The van der Waals surface area contributed by atoms with Crippen LogP contribution in [0.1, 0.15) is 0 Å². The molecule has 1 heterocycles. The third kappa shape index (κ3) is 4.66. The molecule has 0 spiro atoms. The van der Waals surface area contributed by atoms with E-state index in [2.05, 4.69) is 204 Å². The maximum Gasteiger partial charge on any atom is 0.0562 e. The number of aromatic nitrogens is 1. The van der Waals surface area contributed by atoms with Crippen LogP contribution in [0.4, 0.5) is 17.1 Å². The summed E-state index contributed by atoms with van der Waals surface area (Å²) in [6.45, 7) is 0. The minimum absolute atomic E-state index is 1.10. The molecule has 48 heavy (non-hydrogen) atoms. The summed E-state index contributed by atoms with van der Waals surface area (Å²) in [5.41, 5.74) is 11.7. The van der Waals surface area contributed by atoms with Crippen LogP contribution in [0.3, 0.4) is 0 Å². The molecule has 0 bridgehead atoms. The molecule has 0 atom stereocenters. The van der Waals surface area contributed by atoms with Gasteiger partial charge in [0.25, 0.3) is 0 Å². The minimum atomic E-state index is 1.10. The molecule has 0 aliphatic heterocycles. The predicted molar refractivity (Wildman–Crippen MR) is 204 cm³/mol. The molecule has 0 radical (unpaired) electrons. The third-order valence-electron chi connectivity index (χ3n) is 9.37. The average molecular weight is 613 g/mol. The van der Waals surface area contributed by atoms with Crippen LogP contribution >= 0.6 is 0 Å². The van der Waals surface area contributed by atoms with Crippen molar-refractivity contribution >= 4 is 49.6 Å². The minimum Gasteiger partial charge on any atom is -0.310 e. The molecular formula is C46H32N2. The van der Waals surface area contributed by atoms with Crippen LogP contribution in [-0.4, -0.2) is 4.57 Å². The summed E-state index contributed by atoms with van der Waals surface area (Å²) in [6.07, 6.45) is 0. The van der Waals surface area contributed by atoms with E-state index in [1.807, 2.05) is 0 Å². The highest BCUT2D eigenvalue weighted by molar-refractivity contribution is 6.16. The summed E-state index contributed by atoms with van der Waals surface area (Å²) in [6, 6.07) is 69.9. The van der Waals surface area contributed by atoms with Crippen molar-refractivity contribution in [3.8, 4) is 27.9 Å². The quantitative estimate of drug-likeness (QED) is 0.181. The lowest BCUT2D eigenvalue weighted by molar-refractivity contribution is 1.18. The lowest BCUT2D eigenvalue weighted by Crippen LogP contribution is -2.10. The number of rotatable bonds is 6. The molecule has 9 aromatic rings. The summed E-state index contributed by atoms with van der Waals surface area (Å²) in [7, 11) is 0. The first-order valence-corrected chi connectivity index (χ1v) is 16.5. The monoisotopic (exact) mass is 612 g/mol. The molecule has 0 aliphatic rings. The zero-order chi connectivity index (χ0) is 31.9. The van der Waals surface area contributed by atoms with Gasteiger partial charge in [0.15, 0.2) is 0 Å². The van der Waals surface area contributed by atoms with E-state index >= 15 is 0 Å². The fraction of sp³-hybridized carbons (Fsp3) is 0. The van der Waals surface area contributed by atoms with E-state index in [0.717, 1.165) is 22.7 Å². The SMILES string of the molecule is c1ccc(-c2ccc(N(c3ccccc3)c3cccc4c3c3ccccc3n4-c3ccccc3)cc2-c2cccc3ccccc23)cc1. The van der Waals surface area contributed by atoms with Gasteiger partial charge in [-0.15, -0.1) is 0 Å². The van der Waals surface area contributed by atoms with Crippen LogP contribution in [-0.2, 0) is 0 Å². The molecule has 9 rings (SSSR count). The topological polar surface area (TPSA) is 8.17 Å². The Kier molecular flexibility index (Phi) is 6.84. The Bertz CT molecular complexity index is 2540. The van der Waals surface area contributed by atoms with Gasteiger partial charge in [-0.3, -0.25) is 0 Å². The first-order valence-electron chi connectivity index (χ1n) is 16.5. The van der Waals surface area contributed by atoms with Gasteiger partial charge in [-0.1, -0.05) is 140 Å². The van der Waals surface area contributed by atoms with Crippen molar-refractivity contribution in [2.24, 2.45) is 0 Å². The lowest BCUT2D eigenvalue weighted by Gasteiger charge is -2.28. The lowest BCUT2D eigenvalue weighted by atomic mass is 9.90. The van der Waals surface area contributed by atoms with Gasteiger partial charge in [0.2, 0.25) is 0 Å². The largest absolute Gasteiger partial charge is 0.310 e. The molecule has 0 saturated heterocycles. The maximum absolute atomic E-state index is 2.42. The number of nitrogens with zero attached hydrogens (tertiary/aromatic N) is 2. The molecule has 0 saturated carbocycles. The first-order chi connectivity index (χ1) is 23.8. The van der Waals surface area contributed by atoms with Crippen molar-refractivity contribution in [2.75, 3.05) is 4.90 Å². The predicted octanol–water partition coefficient (Wildman–Crippen LogP) is 12.7. The Morgan fingerprint density at radius 2 is 1.00 bits per heavy atom. The second kappa shape index (κ2) is 11.8. The van der Waals surface area contributed by atoms with E-state index in [4.69, 9.17) is 0 Å². The molecular weight excluding hydrogens is 581 g/mol. The molecule has 226 valence electrons. The summed E-state index contributed by atoms with van der Waals surface area (Å²) in [5.74, 6) is 0. The Labute approximate surface area is 280 Å². The molecule has 0 amide bonds. The van der Waals surface area contributed by atoms with Gasteiger partial charge in [0, 0.05) is 27.8 Å². The van der Waals surface area contributed by atoms with E-state index in [1.165, 1.54) is 54.8 Å². The van der Waals surface area contributed by atoms with Gasteiger partial charge in [-0.05, 0) is 87.6 Å². The number of benzene rings is 8. The number of hydrogen-bond acceptors (Lipinski definition) is 1. The highest BCUT2D eigenvalue weighted by atomic mass is 15.1. The van der Waals surface area contributed by atoms with Gasteiger partial charge in [-0.25, -0.2) is 0 Å². The highest BCUT2D eigenvalue weighted by Crippen LogP contribution is 2.46. The van der Waals surface area contributed by atoms with Gasteiger partial charge < -0.3 is 9.47 Å². The standard InChI is InChI=1S/C46H32N2/c1-4-16-33(17-5-1)39-31-30-37(32-42(39)40-26-14-19-34-18-10-11-24-38(34)40)47(35-20-6-2-7-21-35)44-28-15-29-45-46(44)41-25-12-13-27-43(41)48(45)36-22-8-3-9-23-36/h1-32H. The van der Waals surface area contributed by atoms with E-state index in [9.17, 15) is 0 Å². The van der Waals surface area contributed by atoms with Crippen LogP contribution in [0.2, 0.25) is 0 Å². The van der Waals surface area contributed by atoms with Crippen molar-refractivity contribution in [1.29, 1.82) is 0 Å². The van der Waals surface area contributed by atoms with Crippen LogP contribution in [0.5, 0.6) is 0 Å². The van der Waals surface area contributed by atoms with Crippen molar-refractivity contribution in [1.82, 2.24) is 4.57 Å². The fourth-order valence-electron chi connectivity index (χ4n) is 7.27. The van der Waals surface area contributed by atoms with Crippen LogP contribution in [0, 0.1) is 0 Å². The summed E-state index contributed by atoms with van der Waals surface area (Å²) < 4.78 is 2.39. The van der Waals surface area contributed by atoms with Crippen molar-refractivity contribution in [3.05, 3.63) is 194 Å². The Balaban J connectivity index is 1.35. The maximum atomic E-state index is 2.42. The van der Waals surface area contributed by atoms with Gasteiger partial charge in [0.1, 0.15) is 0 Å². The van der Waals surface area contributed by atoms with Crippen LogP contribution in [0.25, 0.3) is 60.5 Å². The third-order valence-corrected chi connectivity index (χ3v) is 9.37. The molecule has 0 aliphatic carbocycles. The Morgan fingerprint density at radius 3 is 1.81 bits per heavy atom. The smallest absolute Gasteiger partial charge is 0.0562 e. The van der Waals surface area contributed by atoms with Crippen molar-refractivity contribution in [2.45, 2.75) is 0 Å². The van der Waals surface area contributed by atoms with Gasteiger partial charge in [-0.2, -0.15) is 0 Å². The average Bonchev–Trinajstić information content (AvgIpc) is 3.51. The highest BCUT2D eigenvalue weighted by Gasteiger charge is 2.22. The molecule has 0 unspecified atom stereocenters. The molecule has 0 fully saturated rings. The molecule has 1 aromatic heterocycles. The number of hydrogen-bond donors (Lipinski definition) is 0.